The lowest BCUT2D eigenvalue weighted by molar-refractivity contribution is -0.275. The number of nitrogens with zero attached hydrogens (tertiary/aromatic N) is 3. The quantitative estimate of drug-likeness (QED) is 0.661. The minimum atomic E-state index is -4.85. The van der Waals surface area contributed by atoms with Crippen molar-refractivity contribution in [2.75, 3.05) is 18.5 Å². The number of ether oxygens (including phenoxy) is 3. The van der Waals surface area contributed by atoms with E-state index in [0.717, 1.165) is 6.42 Å². The molecule has 0 fully saturated rings. The molecule has 0 aliphatic carbocycles. The van der Waals surface area contributed by atoms with Gasteiger partial charge in [0, 0.05) is 24.1 Å². The molecule has 0 bridgehead atoms. The van der Waals surface area contributed by atoms with Crippen LogP contribution in [0.2, 0.25) is 0 Å². The standard InChI is InChI=1S/C19H16F3N5O3/c20-19(21,22)30-13-5-2-1-4-10(13)16-25-17(23)26-18-24-11-8-14-15(9-12(11)27(16)18)29-7-3-6-28-14/h1-2,4-5,8-9,16H,3,6-7H2,(H3,23,24,25,26). The first-order valence-corrected chi connectivity index (χ1v) is 9.15. The summed E-state index contributed by atoms with van der Waals surface area (Å²) in [5, 5.41) is 2.85. The topological polar surface area (TPSA) is 95.9 Å². The molecular weight excluding hydrogens is 403 g/mol. The number of halogens is 3. The van der Waals surface area contributed by atoms with Crippen LogP contribution in [0.3, 0.4) is 0 Å². The summed E-state index contributed by atoms with van der Waals surface area (Å²) < 4.78 is 56.1. The number of nitrogens with one attached hydrogen (secondary N) is 1. The first-order chi connectivity index (χ1) is 14.4. The zero-order valence-corrected chi connectivity index (χ0v) is 15.4. The second kappa shape index (κ2) is 6.71. The van der Waals surface area contributed by atoms with Crippen molar-refractivity contribution in [1.29, 1.82) is 0 Å². The fourth-order valence-electron chi connectivity index (χ4n) is 3.54. The van der Waals surface area contributed by atoms with Gasteiger partial charge < -0.3 is 19.9 Å². The molecule has 1 atom stereocenters. The SMILES string of the molecule is NC1=NC(c2ccccc2OC(F)(F)F)n2c(nc3cc4c(cc32)OCCCO4)N1. The lowest BCUT2D eigenvalue weighted by Gasteiger charge is -2.25. The van der Waals surface area contributed by atoms with Gasteiger partial charge in [-0.3, -0.25) is 9.88 Å². The van der Waals surface area contributed by atoms with Crippen LogP contribution in [-0.4, -0.2) is 35.1 Å². The van der Waals surface area contributed by atoms with E-state index < -0.39 is 12.5 Å². The number of aromatic nitrogens is 2. The predicted octanol–water partition coefficient (Wildman–Crippen LogP) is 3.38. The molecule has 3 aromatic rings. The highest BCUT2D eigenvalue weighted by Gasteiger charge is 2.35. The van der Waals surface area contributed by atoms with E-state index in [2.05, 4.69) is 20.0 Å². The molecule has 1 unspecified atom stereocenters. The van der Waals surface area contributed by atoms with Gasteiger partial charge in [-0.15, -0.1) is 13.2 Å². The monoisotopic (exact) mass is 419 g/mol. The summed E-state index contributed by atoms with van der Waals surface area (Å²) in [5.74, 6) is 1.09. The molecule has 156 valence electrons. The number of rotatable bonds is 2. The minimum Gasteiger partial charge on any atom is -0.489 e. The van der Waals surface area contributed by atoms with Crippen LogP contribution in [0.5, 0.6) is 17.2 Å². The molecule has 2 aliphatic rings. The van der Waals surface area contributed by atoms with E-state index in [1.54, 1.807) is 22.8 Å². The molecule has 30 heavy (non-hydrogen) atoms. The molecule has 0 saturated carbocycles. The number of fused-ring (bicyclic) bond motifs is 4. The molecule has 0 radical (unpaired) electrons. The highest BCUT2D eigenvalue weighted by molar-refractivity contribution is 5.95. The van der Waals surface area contributed by atoms with E-state index in [0.29, 0.717) is 41.7 Å². The Morgan fingerprint density at radius 2 is 1.87 bits per heavy atom. The van der Waals surface area contributed by atoms with Gasteiger partial charge >= 0.3 is 6.36 Å². The molecular formula is C19H16F3N5O3. The number of benzene rings is 2. The van der Waals surface area contributed by atoms with Crippen LogP contribution in [-0.2, 0) is 0 Å². The summed E-state index contributed by atoms with van der Waals surface area (Å²) in [7, 11) is 0. The van der Waals surface area contributed by atoms with Gasteiger partial charge in [-0.25, -0.2) is 9.98 Å². The molecule has 2 aliphatic heterocycles. The van der Waals surface area contributed by atoms with Crippen LogP contribution in [0, 0.1) is 0 Å². The smallest absolute Gasteiger partial charge is 0.489 e. The third-order valence-electron chi connectivity index (χ3n) is 4.73. The molecule has 2 aromatic carbocycles. The van der Waals surface area contributed by atoms with Crippen molar-refractivity contribution < 1.29 is 27.4 Å². The number of alkyl halides is 3. The Morgan fingerprint density at radius 3 is 2.63 bits per heavy atom. The van der Waals surface area contributed by atoms with Crippen molar-refractivity contribution in [2.24, 2.45) is 10.7 Å². The normalized spacial score (nSPS) is 18.2. The number of aliphatic imine (C=N–C) groups is 1. The fourth-order valence-corrected chi connectivity index (χ4v) is 3.54. The van der Waals surface area contributed by atoms with E-state index in [9.17, 15) is 13.2 Å². The molecule has 3 N–H and O–H groups in total. The van der Waals surface area contributed by atoms with Crippen molar-refractivity contribution in [3.63, 3.8) is 0 Å². The van der Waals surface area contributed by atoms with E-state index in [1.165, 1.54) is 18.2 Å². The largest absolute Gasteiger partial charge is 0.573 e. The van der Waals surface area contributed by atoms with E-state index in [1.807, 2.05) is 0 Å². The molecule has 3 heterocycles. The summed E-state index contributed by atoms with van der Waals surface area (Å²) in [4.78, 5) is 8.84. The average Bonchev–Trinajstić information content (AvgIpc) is 2.86. The minimum absolute atomic E-state index is 0.0266. The van der Waals surface area contributed by atoms with Gasteiger partial charge in [-0.2, -0.15) is 0 Å². The van der Waals surface area contributed by atoms with Crippen molar-refractivity contribution in [3.8, 4) is 17.2 Å². The van der Waals surface area contributed by atoms with Crippen LogP contribution in [0.25, 0.3) is 11.0 Å². The average molecular weight is 419 g/mol. The number of para-hydroxylation sites is 1. The molecule has 5 rings (SSSR count). The Morgan fingerprint density at radius 1 is 1.13 bits per heavy atom. The molecule has 8 nitrogen and oxygen atoms in total. The van der Waals surface area contributed by atoms with Crippen LogP contribution < -0.4 is 25.3 Å². The van der Waals surface area contributed by atoms with Crippen LogP contribution in [0.4, 0.5) is 19.1 Å². The van der Waals surface area contributed by atoms with Crippen molar-refractivity contribution in [2.45, 2.75) is 18.9 Å². The summed E-state index contributed by atoms with van der Waals surface area (Å²) >= 11 is 0. The summed E-state index contributed by atoms with van der Waals surface area (Å²) in [6.07, 6.45) is -5.03. The molecule has 11 heteroatoms. The number of guanidine groups is 1. The maximum atomic E-state index is 12.9. The van der Waals surface area contributed by atoms with Gasteiger partial charge in [0.15, 0.2) is 23.6 Å². The Labute approximate surface area is 168 Å². The Hall–Kier alpha value is -3.63. The third-order valence-corrected chi connectivity index (χ3v) is 4.73. The molecule has 1 aromatic heterocycles. The zero-order valence-electron chi connectivity index (χ0n) is 15.4. The Kier molecular flexibility index (Phi) is 4.12. The van der Waals surface area contributed by atoms with E-state index >= 15 is 0 Å². The fraction of sp³-hybridized carbons (Fsp3) is 0.263. The lowest BCUT2D eigenvalue weighted by Crippen LogP contribution is -2.32. The van der Waals surface area contributed by atoms with Gasteiger partial charge in [0.05, 0.1) is 24.2 Å². The van der Waals surface area contributed by atoms with Gasteiger partial charge in [0.25, 0.3) is 0 Å². The van der Waals surface area contributed by atoms with Crippen molar-refractivity contribution in [1.82, 2.24) is 9.55 Å². The van der Waals surface area contributed by atoms with Crippen LogP contribution in [0.1, 0.15) is 18.2 Å². The summed E-state index contributed by atoms with van der Waals surface area (Å²) in [6.45, 7) is 1.01. The maximum absolute atomic E-state index is 12.9. The van der Waals surface area contributed by atoms with Crippen LogP contribution in [0.15, 0.2) is 41.4 Å². The maximum Gasteiger partial charge on any atom is 0.573 e. The second-order valence-electron chi connectivity index (χ2n) is 6.74. The van der Waals surface area contributed by atoms with Crippen molar-refractivity contribution in [3.05, 3.63) is 42.0 Å². The number of imidazole rings is 1. The van der Waals surface area contributed by atoms with Gasteiger partial charge in [-0.1, -0.05) is 18.2 Å². The van der Waals surface area contributed by atoms with Crippen LogP contribution >= 0.6 is 0 Å². The zero-order chi connectivity index (χ0) is 20.9. The Balaban J connectivity index is 1.68. The van der Waals surface area contributed by atoms with E-state index in [-0.39, 0.29) is 17.3 Å². The second-order valence-corrected chi connectivity index (χ2v) is 6.74. The highest BCUT2D eigenvalue weighted by atomic mass is 19.4. The number of hydrogen-bond acceptors (Lipinski definition) is 7. The van der Waals surface area contributed by atoms with Gasteiger partial charge in [-0.05, 0) is 6.07 Å². The first-order valence-electron chi connectivity index (χ1n) is 9.15. The summed E-state index contributed by atoms with van der Waals surface area (Å²) in [6, 6.07) is 9.27. The summed E-state index contributed by atoms with van der Waals surface area (Å²) in [5.41, 5.74) is 7.24. The molecule has 0 saturated heterocycles. The first kappa shape index (κ1) is 18.4. The third kappa shape index (κ3) is 3.21. The van der Waals surface area contributed by atoms with E-state index in [4.69, 9.17) is 15.2 Å². The predicted molar refractivity (Wildman–Crippen MR) is 102 cm³/mol. The molecule has 0 amide bonds. The number of hydrogen-bond donors (Lipinski definition) is 2. The van der Waals surface area contributed by atoms with Gasteiger partial charge in [0.2, 0.25) is 5.95 Å². The lowest BCUT2D eigenvalue weighted by atomic mass is 10.1. The number of nitrogens with two attached hydrogens (primary N) is 1. The molecule has 0 spiro atoms. The highest BCUT2D eigenvalue weighted by Crippen LogP contribution is 2.41. The van der Waals surface area contributed by atoms with Crippen molar-refractivity contribution >= 4 is 22.9 Å². The van der Waals surface area contributed by atoms with Gasteiger partial charge in [0.1, 0.15) is 5.75 Å². The number of anilines is 1. The Bertz CT molecular complexity index is 1160.